The molecule has 2 heterocycles. The van der Waals surface area contributed by atoms with E-state index in [0.29, 0.717) is 23.8 Å². The third-order valence-corrected chi connectivity index (χ3v) is 3.53. The molecule has 3 nitrogen and oxygen atoms in total. The van der Waals surface area contributed by atoms with Gasteiger partial charge in [-0.05, 0) is 18.6 Å². The van der Waals surface area contributed by atoms with Crippen molar-refractivity contribution < 1.29 is 8.78 Å². The lowest BCUT2D eigenvalue weighted by atomic mass is 10.1. The molecule has 0 saturated carbocycles. The van der Waals surface area contributed by atoms with Crippen molar-refractivity contribution in [1.82, 2.24) is 10.2 Å². The minimum Gasteiger partial charge on any atom is -0.349 e. The van der Waals surface area contributed by atoms with E-state index in [2.05, 4.69) is 10.2 Å². The van der Waals surface area contributed by atoms with Crippen LogP contribution in [-0.4, -0.2) is 29.2 Å². The number of benzene rings is 1. The Morgan fingerprint density at radius 3 is 3.00 bits per heavy atom. The first kappa shape index (κ1) is 11.7. The number of fused-ring (bicyclic) bond motifs is 1. The molecule has 0 aliphatic carbocycles. The van der Waals surface area contributed by atoms with Crippen molar-refractivity contribution >= 4 is 28.3 Å². The van der Waals surface area contributed by atoms with Gasteiger partial charge in [0.2, 0.25) is 0 Å². The molecule has 0 spiro atoms. The lowest BCUT2D eigenvalue weighted by Gasteiger charge is -2.32. The van der Waals surface area contributed by atoms with Crippen LogP contribution in [0.2, 0.25) is 5.02 Å². The zero-order valence-electron chi connectivity index (χ0n) is 9.59. The second-order valence-electron chi connectivity index (χ2n) is 4.59. The number of halogens is 3. The van der Waals surface area contributed by atoms with Crippen molar-refractivity contribution in [2.75, 3.05) is 18.0 Å². The number of hydrogen-bond acceptors (Lipinski definition) is 2. The molecule has 1 N–H and O–H groups in total. The van der Waals surface area contributed by atoms with Gasteiger partial charge in [0.15, 0.2) is 5.82 Å². The molecule has 6 heteroatoms. The summed E-state index contributed by atoms with van der Waals surface area (Å²) in [5.41, 5.74) is 0.770. The van der Waals surface area contributed by atoms with E-state index in [4.69, 9.17) is 11.6 Å². The number of nitrogens with zero attached hydrogens (tertiary/aromatic N) is 2. The number of aromatic amines is 1. The van der Waals surface area contributed by atoms with Crippen LogP contribution in [-0.2, 0) is 0 Å². The van der Waals surface area contributed by atoms with E-state index < -0.39 is 5.92 Å². The van der Waals surface area contributed by atoms with Crippen molar-refractivity contribution in [2.24, 2.45) is 0 Å². The molecular weight excluding hydrogens is 260 g/mol. The lowest BCUT2D eigenvalue weighted by Crippen LogP contribution is -2.42. The average Bonchev–Trinajstić information content (AvgIpc) is 2.73. The number of hydrogen-bond donors (Lipinski definition) is 1. The average molecular weight is 272 g/mol. The van der Waals surface area contributed by atoms with Gasteiger partial charge in [0.25, 0.3) is 5.92 Å². The fraction of sp³-hybridized carbons (Fsp3) is 0.417. The first-order valence-electron chi connectivity index (χ1n) is 5.82. The van der Waals surface area contributed by atoms with Crippen LogP contribution in [0.3, 0.4) is 0 Å². The van der Waals surface area contributed by atoms with Crippen LogP contribution in [0, 0.1) is 0 Å². The van der Waals surface area contributed by atoms with Crippen molar-refractivity contribution in [2.45, 2.75) is 18.8 Å². The summed E-state index contributed by atoms with van der Waals surface area (Å²) in [6, 6.07) is 5.38. The number of nitrogens with one attached hydrogen (secondary N) is 1. The molecule has 0 radical (unpaired) electrons. The summed E-state index contributed by atoms with van der Waals surface area (Å²) in [5, 5.41) is 8.21. The minimum atomic E-state index is -2.65. The predicted octanol–water partition coefficient (Wildman–Crippen LogP) is 3.45. The van der Waals surface area contributed by atoms with Gasteiger partial charge in [0.05, 0.1) is 22.5 Å². The normalized spacial score (nSPS) is 19.4. The van der Waals surface area contributed by atoms with E-state index in [0.717, 1.165) is 10.9 Å². The number of H-pyrrole nitrogens is 1. The smallest absolute Gasteiger partial charge is 0.265 e. The third-order valence-electron chi connectivity index (χ3n) is 3.21. The van der Waals surface area contributed by atoms with Gasteiger partial charge in [0, 0.05) is 13.0 Å². The predicted molar refractivity (Wildman–Crippen MR) is 67.5 cm³/mol. The Kier molecular flexibility index (Phi) is 2.66. The van der Waals surface area contributed by atoms with Crippen LogP contribution < -0.4 is 4.90 Å². The van der Waals surface area contributed by atoms with Crippen LogP contribution in [0.25, 0.3) is 10.9 Å². The number of anilines is 1. The lowest BCUT2D eigenvalue weighted by molar-refractivity contribution is -0.0117. The first-order chi connectivity index (χ1) is 8.57. The minimum absolute atomic E-state index is 0.0560. The van der Waals surface area contributed by atoms with E-state index in [1.165, 1.54) is 0 Å². The summed E-state index contributed by atoms with van der Waals surface area (Å²) in [6.45, 7) is 0.291. The summed E-state index contributed by atoms with van der Waals surface area (Å²) >= 11 is 6.12. The highest BCUT2D eigenvalue weighted by molar-refractivity contribution is 6.36. The molecule has 1 aromatic heterocycles. The number of aromatic nitrogens is 2. The standard InChI is InChI=1S/C12H12ClF2N3/c13-8-3-1-4-9-10(8)11(17-16-9)18-6-2-5-12(14,15)7-18/h1,3-4H,2,5-7H2,(H,16,17). The number of rotatable bonds is 1. The molecule has 1 aromatic carbocycles. The van der Waals surface area contributed by atoms with Crippen LogP contribution in [0.15, 0.2) is 18.2 Å². The largest absolute Gasteiger partial charge is 0.349 e. The number of alkyl halides is 2. The molecule has 18 heavy (non-hydrogen) atoms. The summed E-state index contributed by atoms with van der Waals surface area (Å²) in [7, 11) is 0. The molecule has 3 rings (SSSR count). The Labute approximate surface area is 108 Å². The molecule has 96 valence electrons. The Hall–Kier alpha value is -1.36. The van der Waals surface area contributed by atoms with Crippen LogP contribution in [0.5, 0.6) is 0 Å². The van der Waals surface area contributed by atoms with Crippen molar-refractivity contribution in [3.05, 3.63) is 23.2 Å². The maximum Gasteiger partial charge on any atom is 0.265 e. The van der Waals surface area contributed by atoms with Crippen molar-refractivity contribution in [1.29, 1.82) is 0 Å². The molecule has 1 aliphatic rings. The molecular formula is C12H12ClF2N3. The molecule has 1 saturated heterocycles. The van der Waals surface area contributed by atoms with E-state index in [1.54, 1.807) is 17.0 Å². The Balaban J connectivity index is 2.04. The van der Waals surface area contributed by atoms with Gasteiger partial charge >= 0.3 is 0 Å². The molecule has 1 aliphatic heterocycles. The highest BCUT2D eigenvalue weighted by Crippen LogP contribution is 2.35. The highest BCUT2D eigenvalue weighted by Gasteiger charge is 2.36. The first-order valence-corrected chi connectivity index (χ1v) is 6.20. The monoisotopic (exact) mass is 271 g/mol. The molecule has 0 unspecified atom stereocenters. The van der Waals surface area contributed by atoms with E-state index in [1.807, 2.05) is 6.07 Å². The maximum absolute atomic E-state index is 13.4. The van der Waals surface area contributed by atoms with Gasteiger partial charge in [0.1, 0.15) is 0 Å². The molecule has 0 amide bonds. The van der Waals surface area contributed by atoms with Gasteiger partial charge < -0.3 is 4.90 Å². The summed E-state index contributed by atoms with van der Waals surface area (Å²) in [6.07, 6.45) is 0.408. The van der Waals surface area contributed by atoms with Crippen LogP contribution in [0.1, 0.15) is 12.8 Å². The second kappa shape index (κ2) is 4.09. The van der Waals surface area contributed by atoms with Gasteiger partial charge in [-0.3, -0.25) is 5.10 Å². The second-order valence-corrected chi connectivity index (χ2v) is 5.00. The van der Waals surface area contributed by atoms with Crippen molar-refractivity contribution in [3.8, 4) is 0 Å². The Morgan fingerprint density at radius 1 is 1.39 bits per heavy atom. The molecule has 2 aromatic rings. The fourth-order valence-electron chi connectivity index (χ4n) is 2.39. The van der Waals surface area contributed by atoms with Gasteiger partial charge in [-0.15, -0.1) is 0 Å². The summed E-state index contributed by atoms with van der Waals surface area (Å²) < 4.78 is 26.9. The Bertz CT molecular complexity index is 582. The highest BCUT2D eigenvalue weighted by atomic mass is 35.5. The van der Waals surface area contributed by atoms with Crippen LogP contribution >= 0.6 is 11.6 Å². The topological polar surface area (TPSA) is 31.9 Å². The fourth-order valence-corrected chi connectivity index (χ4v) is 2.65. The van der Waals surface area contributed by atoms with Gasteiger partial charge in [-0.2, -0.15) is 5.10 Å². The zero-order chi connectivity index (χ0) is 12.8. The molecule has 0 bridgehead atoms. The SMILES string of the molecule is FC1(F)CCCN(c2n[nH]c3cccc(Cl)c23)C1. The Morgan fingerprint density at radius 2 is 2.22 bits per heavy atom. The van der Waals surface area contributed by atoms with E-state index in [-0.39, 0.29) is 13.0 Å². The van der Waals surface area contributed by atoms with Gasteiger partial charge in [-0.1, -0.05) is 17.7 Å². The molecule has 0 atom stereocenters. The molecule has 1 fully saturated rings. The summed E-state index contributed by atoms with van der Waals surface area (Å²) in [5.74, 6) is -2.12. The van der Waals surface area contributed by atoms with Gasteiger partial charge in [-0.25, -0.2) is 8.78 Å². The maximum atomic E-state index is 13.4. The summed E-state index contributed by atoms with van der Waals surface area (Å²) in [4.78, 5) is 1.61. The zero-order valence-corrected chi connectivity index (χ0v) is 10.3. The van der Waals surface area contributed by atoms with E-state index in [9.17, 15) is 8.78 Å². The van der Waals surface area contributed by atoms with Crippen molar-refractivity contribution in [3.63, 3.8) is 0 Å². The third kappa shape index (κ3) is 1.92. The van der Waals surface area contributed by atoms with Crippen LogP contribution in [0.4, 0.5) is 14.6 Å². The quantitative estimate of drug-likeness (QED) is 0.861. The number of piperidine rings is 1. The van der Waals surface area contributed by atoms with E-state index >= 15 is 0 Å².